The minimum absolute atomic E-state index is 0.228. The fourth-order valence-corrected chi connectivity index (χ4v) is 2.46. The Hall–Kier alpha value is -2.35. The van der Waals surface area contributed by atoms with Gasteiger partial charge in [0.1, 0.15) is 5.54 Å². The molecule has 110 valence electrons. The van der Waals surface area contributed by atoms with E-state index in [9.17, 15) is 9.59 Å². The van der Waals surface area contributed by atoms with E-state index in [-0.39, 0.29) is 11.9 Å². The number of carbonyl (C=O) groups is 2. The highest BCUT2D eigenvalue weighted by Gasteiger charge is 2.48. The van der Waals surface area contributed by atoms with E-state index in [2.05, 4.69) is 11.4 Å². The third kappa shape index (κ3) is 2.89. The Balaban J connectivity index is 2.13. The molecule has 1 aromatic rings. The minimum atomic E-state index is -1.000. The van der Waals surface area contributed by atoms with Crippen molar-refractivity contribution < 1.29 is 9.59 Å². The van der Waals surface area contributed by atoms with Crippen molar-refractivity contribution in [1.29, 1.82) is 5.26 Å². The molecule has 1 aromatic carbocycles. The first-order valence-electron chi connectivity index (χ1n) is 7.07. The summed E-state index contributed by atoms with van der Waals surface area (Å²) in [7, 11) is 0. The van der Waals surface area contributed by atoms with Crippen LogP contribution >= 0.6 is 0 Å². The second kappa shape index (κ2) is 5.96. The van der Waals surface area contributed by atoms with Crippen LogP contribution in [0.3, 0.4) is 0 Å². The van der Waals surface area contributed by atoms with Crippen molar-refractivity contribution in [2.75, 3.05) is 6.54 Å². The molecule has 0 aliphatic carbocycles. The lowest BCUT2D eigenvalue weighted by atomic mass is 9.91. The average Bonchev–Trinajstić information content (AvgIpc) is 2.68. The molecule has 2 rings (SSSR count). The van der Waals surface area contributed by atoms with Crippen LogP contribution < -0.4 is 5.32 Å². The smallest absolute Gasteiger partial charge is 0.319 e. The SMILES string of the molecule is Cc1ccc([C@]2(C)NC(=O)N(CCCCC#N)C2=O)cc1. The number of benzene rings is 1. The highest BCUT2D eigenvalue weighted by atomic mass is 16.2. The number of rotatable bonds is 5. The topological polar surface area (TPSA) is 73.2 Å². The molecule has 1 fully saturated rings. The van der Waals surface area contributed by atoms with Crippen LogP contribution in [0.25, 0.3) is 0 Å². The van der Waals surface area contributed by atoms with Gasteiger partial charge in [-0.05, 0) is 32.3 Å². The summed E-state index contributed by atoms with van der Waals surface area (Å²) in [5, 5.41) is 11.3. The van der Waals surface area contributed by atoms with Crippen LogP contribution in [0.15, 0.2) is 24.3 Å². The standard InChI is InChI=1S/C16H19N3O2/c1-12-6-8-13(9-7-12)16(2)14(20)19(15(21)18-16)11-5-3-4-10-17/h6-9H,3-5,11H2,1-2H3,(H,18,21)/t16-/m0/s1. The van der Waals surface area contributed by atoms with Gasteiger partial charge in [-0.2, -0.15) is 5.26 Å². The highest BCUT2D eigenvalue weighted by Crippen LogP contribution is 2.29. The first-order chi connectivity index (χ1) is 9.99. The van der Waals surface area contributed by atoms with Crippen molar-refractivity contribution in [3.05, 3.63) is 35.4 Å². The van der Waals surface area contributed by atoms with Gasteiger partial charge in [0.15, 0.2) is 0 Å². The van der Waals surface area contributed by atoms with E-state index in [1.807, 2.05) is 31.2 Å². The largest absolute Gasteiger partial charge is 0.325 e. The molecule has 21 heavy (non-hydrogen) atoms. The minimum Gasteiger partial charge on any atom is -0.319 e. The molecule has 1 aliphatic heterocycles. The molecule has 1 atom stereocenters. The predicted octanol–water partition coefficient (Wildman–Crippen LogP) is 2.46. The van der Waals surface area contributed by atoms with Gasteiger partial charge >= 0.3 is 6.03 Å². The van der Waals surface area contributed by atoms with Gasteiger partial charge in [0.25, 0.3) is 5.91 Å². The molecule has 1 heterocycles. The maximum Gasteiger partial charge on any atom is 0.325 e. The van der Waals surface area contributed by atoms with Crippen molar-refractivity contribution in [1.82, 2.24) is 10.2 Å². The molecule has 0 aromatic heterocycles. The molecule has 0 saturated carbocycles. The van der Waals surface area contributed by atoms with E-state index in [1.54, 1.807) is 6.92 Å². The normalized spacial score (nSPS) is 21.3. The molecule has 3 amide bonds. The van der Waals surface area contributed by atoms with Crippen LogP contribution in [0.1, 0.15) is 37.3 Å². The molecule has 0 bridgehead atoms. The van der Waals surface area contributed by atoms with Gasteiger partial charge in [0, 0.05) is 13.0 Å². The number of imide groups is 1. The second-order valence-corrected chi connectivity index (χ2v) is 5.49. The summed E-state index contributed by atoms with van der Waals surface area (Å²) in [6.07, 6.45) is 1.78. The molecule has 1 aliphatic rings. The average molecular weight is 285 g/mol. The molecule has 0 unspecified atom stereocenters. The summed E-state index contributed by atoms with van der Waals surface area (Å²) < 4.78 is 0. The fourth-order valence-electron chi connectivity index (χ4n) is 2.46. The summed E-state index contributed by atoms with van der Waals surface area (Å²) in [6, 6.07) is 9.29. The summed E-state index contributed by atoms with van der Waals surface area (Å²) in [5.74, 6) is -0.228. The Morgan fingerprint density at radius 3 is 2.52 bits per heavy atom. The number of carbonyl (C=O) groups excluding carboxylic acids is 2. The molecule has 5 heteroatoms. The lowest BCUT2D eigenvalue weighted by Gasteiger charge is -2.22. The van der Waals surface area contributed by atoms with Gasteiger partial charge in [-0.3, -0.25) is 9.69 Å². The number of nitriles is 1. The number of unbranched alkanes of at least 4 members (excludes halogenated alkanes) is 2. The van der Waals surface area contributed by atoms with Crippen LogP contribution in [0.4, 0.5) is 4.79 Å². The first kappa shape index (κ1) is 15.0. The third-order valence-corrected chi connectivity index (χ3v) is 3.82. The Labute approximate surface area is 124 Å². The Bertz CT molecular complexity index is 589. The lowest BCUT2D eigenvalue weighted by Crippen LogP contribution is -2.41. The zero-order valence-corrected chi connectivity index (χ0v) is 12.3. The maximum absolute atomic E-state index is 12.6. The van der Waals surface area contributed by atoms with Gasteiger partial charge in [0.05, 0.1) is 6.07 Å². The van der Waals surface area contributed by atoms with Crippen LogP contribution in [0.2, 0.25) is 0 Å². The second-order valence-electron chi connectivity index (χ2n) is 5.49. The zero-order valence-electron chi connectivity index (χ0n) is 12.3. The van der Waals surface area contributed by atoms with E-state index in [0.717, 1.165) is 11.1 Å². The van der Waals surface area contributed by atoms with Crippen LogP contribution in [-0.2, 0) is 10.3 Å². The number of hydrogen-bond acceptors (Lipinski definition) is 3. The molecular weight excluding hydrogens is 266 g/mol. The first-order valence-corrected chi connectivity index (χ1v) is 7.07. The van der Waals surface area contributed by atoms with Gasteiger partial charge < -0.3 is 5.32 Å². The molecule has 0 spiro atoms. The molecule has 0 radical (unpaired) electrons. The number of amides is 3. The quantitative estimate of drug-likeness (QED) is 0.667. The molecule has 1 saturated heterocycles. The van der Waals surface area contributed by atoms with E-state index in [4.69, 9.17) is 5.26 Å². The van der Waals surface area contributed by atoms with Crippen molar-refractivity contribution in [3.8, 4) is 6.07 Å². The van der Waals surface area contributed by atoms with Crippen LogP contribution in [0.5, 0.6) is 0 Å². The van der Waals surface area contributed by atoms with Crippen LogP contribution in [-0.4, -0.2) is 23.4 Å². The molecule has 1 N–H and O–H groups in total. The summed E-state index contributed by atoms with van der Waals surface area (Å²) in [4.78, 5) is 25.8. The number of nitrogens with one attached hydrogen (secondary N) is 1. The Morgan fingerprint density at radius 1 is 1.24 bits per heavy atom. The van der Waals surface area contributed by atoms with E-state index in [1.165, 1.54) is 4.90 Å². The highest BCUT2D eigenvalue weighted by molar-refractivity contribution is 6.07. The van der Waals surface area contributed by atoms with Gasteiger partial charge in [0.2, 0.25) is 0 Å². The summed E-state index contributed by atoms with van der Waals surface area (Å²) >= 11 is 0. The van der Waals surface area contributed by atoms with Crippen LogP contribution in [0, 0.1) is 18.3 Å². The summed E-state index contributed by atoms with van der Waals surface area (Å²) in [5.41, 5.74) is 0.887. The van der Waals surface area contributed by atoms with E-state index in [0.29, 0.717) is 25.8 Å². The van der Waals surface area contributed by atoms with Crippen molar-refractivity contribution in [2.45, 2.75) is 38.6 Å². The maximum atomic E-state index is 12.6. The lowest BCUT2D eigenvalue weighted by molar-refractivity contribution is -0.131. The fraction of sp³-hybridized carbons (Fsp3) is 0.438. The van der Waals surface area contributed by atoms with Crippen molar-refractivity contribution in [3.63, 3.8) is 0 Å². The Kier molecular flexibility index (Phi) is 4.27. The number of urea groups is 1. The predicted molar refractivity (Wildman–Crippen MR) is 78.2 cm³/mol. The van der Waals surface area contributed by atoms with E-state index < -0.39 is 5.54 Å². The third-order valence-electron chi connectivity index (χ3n) is 3.82. The molecule has 5 nitrogen and oxygen atoms in total. The van der Waals surface area contributed by atoms with Gasteiger partial charge in [-0.15, -0.1) is 0 Å². The monoisotopic (exact) mass is 285 g/mol. The van der Waals surface area contributed by atoms with Gasteiger partial charge in [-0.25, -0.2) is 4.79 Å². The summed E-state index contributed by atoms with van der Waals surface area (Å²) in [6.45, 7) is 4.06. The van der Waals surface area contributed by atoms with Crippen molar-refractivity contribution in [2.24, 2.45) is 0 Å². The van der Waals surface area contributed by atoms with Crippen molar-refractivity contribution >= 4 is 11.9 Å². The number of nitrogens with zero attached hydrogens (tertiary/aromatic N) is 2. The van der Waals surface area contributed by atoms with E-state index >= 15 is 0 Å². The Morgan fingerprint density at radius 2 is 1.90 bits per heavy atom. The zero-order chi connectivity index (χ0) is 15.5. The van der Waals surface area contributed by atoms with Gasteiger partial charge in [-0.1, -0.05) is 29.8 Å². The molecular formula is C16H19N3O2. The number of aryl methyl sites for hydroxylation is 1. The number of hydrogen-bond donors (Lipinski definition) is 1.